The van der Waals surface area contributed by atoms with Crippen molar-refractivity contribution in [2.45, 2.75) is 5.88 Å². The molecular formula is C8H7N3O2S. The van der Waals surface area contributed by atoms with Crippen LogP contribution in [0.2, 0.25) is 0 Å². The van der Waals surface area contributed by atoms with Crippen molar-refractivity contribution in [3.63, 3.8) is 0 Å². The minimum absolute atomic E-state index is 0.212. The van der Waals surface area contributed by atoms with Gasteiger partial charge in [0.25, 0.3) is 0 Å². The number of aromatic nitrogens is 3. The number of carboxylic acid groups (broad SMARTS) is 1. The first-order valence-electron chi connectivity index (χ1n) is 3.90. The van der Waals surface area contributed by atoms with Gasteiger partial charge < -0.3 is 5.11 Å². The van der Waals surface area contributed by atoms with Gasteiger partial charge in [0, 0.05) is 0 Å². The van der Waals surface area contributed by atoms with E-state index in [0.29, 0.717) is 11.4 Å². The van der Waals surface area contributed by atoms with Crippen molar-refractivity contribution in [2.75, 3.05) is 0 Å². The molecule has 0 aliphatic rings. The van der Waals surface area contributed by atoms with Gasteiger partial charge in [-0.3, -0.25) is 0 Å². The largest absolute Gasteiger partial charge is 0.478 e. The van der Waals surface area contributed by atoms with E-state index in [1.807, 2.05) is 0 Å². The average Bonchev–Trinajstić information content (AvgIpc) is 2.59. The summed E-state index contributed by atoms with van der Waals surface area (Å²) in [4.78, 5) is 10.7. The zero-order valence-corrected chi connectivity index (χ0v) is 7.98. The van der Waals surface area contributed by atoms with E-state index in [4.69, 9.17) is 5.11 Å². The van der Waals surface area contributed by atoms with Crippen LogP contribution in [0, 0.1) is 0 Å². The smallest absolute Gasteiger partial charge is 0.335 e. The zero-order chi connectivity index (χ0) is 10.1. The number of fused-ring (bicyclic) bond motifs is 1. The van der Waals surface area contributed by atoms with Gasteiger partial charge in [-0.25, -0.2) is 9.48 Å². The van der Waals surface area contributed by atoms with Gasteiger partial charge >= 0.3 is 5.97 Å². The highest BCUT2D eigenvalue weighted by Gasteiger charge is 2.07. The molecule has 1 heterocycles. The molecule has 0 saturated heterocycles. The number of hydrogen-bond donors (Lipinski definition) is 2. The number of nitrogens with zero attached hydrogens (tertiary/aromatic N) is 3. The molecule has 14 heavy (non-hydrogen) atoms. The SMILES string of the molecule is O=C(O)c1ccc2c(c1)nnn2CS. The van der Waals surface area contributed by atoms with Crippen LogP contribution in [0.5, 0.6) is 0 Å². The molecule has 2 aromatic rings. The Morgan fingerprint density at radius 3 is 3.00 bits per heavy atom. The number of aromatic carboxylic acids is 1. The number of hydrogen-bond acceptors (Lipinski definition) is 4. The highest BCUT2D eigenvalue weighted by molar-refractivity contribution is 7.79. The number of carbonyl (C=O) groups is 1. The first-order valence-corrected chi connectivity index (χ1v) is 4.53. The summed E-state index contributed by atoms with van der Waals surface area (Å²) in [5.74, 6) is -0.546. The van der Waals surface area contributed by atoms with Gasteiger partial charge in [0.05, 0.1) is 17.0 Å². The standard InChI is InChI=1S/C8H7N3O2S/c12-8(13)5-1-2-7-6(3-5)9-10-11(7)4-14/h1-3,14H,4H2,(H,12,13). The summed E-state index contributed by atoms with van der Waals surface area (Å²) in [6, 6.07) is 4.69. The maximum atomic E-state index is 10.7. The Morgan fingerprint density at radius 2 is 2.36 bits per heavy atom. The Balaban J connectivity index is 2.63. The molecule has 1 aromatic heterocycles. The number of carboxylic acids is 1. The summed E-state index contributed by atoms with van der Waals surface area (Å²) in [5.41, 5.74) is 1.56. The predicted octanol–water partition coefficient (Wildman–Crippen LogP) is 1.02. The Hall–Kier alpha value is -1.56. The highest BCUT2D eigenvalue weighted by Crippen LogP contribution is 2.13. The van der Waals surface area contributed by atoms with E-state index in [2.05, 4.69) is 22.9 Å². The van der Waals surface area contributed by atoms with Gasteiger partial charge in [0.2, 0.25) is 0 Å². The van der Waals surface area contributed by atoms with Gasteiger partial charge in [-0.2, -0.15) is 12.6 Å². The summed E-state index contributed by atoms with van der Waals surface area (Å²) in [6.07, 6.45) is 0. The summed E-state index contributed by atoms with van der Waals surface area (Å²) in [5, 5.41) is 16.4. The number of benzene rings is 1. The molecule has 0 radical (unpaired) electrons. The lowest BCUT2D eigenvalue weighted by atomic mass is 10.2. The van der Waals surface area contributed by atoms with Crippen LogP contribution in [-0.2, 0) is 5.88 Å². The molecule has 6 heteroatoms. The Kier molecular flexibility index (Phi) is 2.12. The van der Waals surface area contributed by atoms with E-state index in [1.165, 1.54) is 12.1 Å². The third kappa shape index (κ3) is 1.33. The van der Waals surface area contributed by atoms with E-state index in [9.17, 15) is 4.79 Å². The van der Waals surface area contributed by atoms with Crippen LogP contribution in [0.1, 0.15) is 10.4 Å². The van der Waals surface area contributed by atoms with Gasteiger partial charge in [0.15, 0.2) is 0 Å². The lowest BCUT2D eigenvalue weighted by Crippen LogP contribution is -1.96. The quantitative estimate of drug-likeness (QED) is 0.724. The molecule has 0 aliphatic carbocycles. The fourth-order valence-electron chi connectivity index (χ4n) is 1.21. The van der Waals surface area contributed by atoms with Gasteiger partial charge in [-0.1, -0.05) is 5.21 Å². The molecular weight excluding hydrogens is 202 g/mol. The molecule has 0 saturated carbocycles. The fraction of sp³-hybridized carbons (Fsp3) is 0.125. The summed E-state index contributed by atoms with van der Waals surface area (Å²) < 4.78 is 1.59. The van der Waals surface area contributed by atoms with E-state index in [-0.39, 0.29) is 5.56 Å². The van der Waals surface area contributed by atoms with Crippen LogP contribution in [0.25, 0.3) is 11.0 Å². The van der Waals surface area contributed by atoms with Crippen molar-refractivity contribution < 1.29 is 9.90 Å². The van der Waals surface area contributed by atoms with Gasteiger partial charge in [-0.15, -0.1) is 5.10 Å². The molecule has 2 rings (SSSR count). The number of thiol groups is 1. The summed E-state index contributed by atoms with van der Waals surface area (Å²) >= 11 is 4.06. The van der Waals surface area contributed by atoms with Crippen molar-refractivity contribution in [1.82, 2.24) is 15.0 Å². The molecule has 0 bridgehead atoms. The molecule has 5 nitrogen and oxygen atoms in total. The molecule has 0 atom stereocenters. The average molecular weight is 209 g/mol. The Morgan fingerprint density at radius 1 is 1.57 bits per heavy atom. The summed E-state index contributed by atoms with van der Waals surface area (Å²) in [7, 11) is 0. The van der Waals surface area contributed by atoms with E-state index in [1.54, 1.807) is 10.7 Å². The lowest BCUT2D eigenvalue weighted by molar-refractivity contribution is 0.0697. The molecule has 0 fully saturated rings. The predicted molar refractivity (Wildman–Crippen MR) is 53.5 cm³/mol. The first kappa shape index (κ1) is 9.01. The maximum absolute atomic E-state index is 10.7. The Labute approximate surface area is 84.7 Å². The normalized spacial score (nSPS) is 10.6. The van der Waals surface area contributed by atoms with Crippen LogP contribution in [0.15, 0.2) is 18.2 Å². The number of rotatable bonds is 2. The topological polar surface area (TPSA) is 68.0 Å². The molecule has 1 N–H and O–H groups in total. The summed E-state index contributed by atoms with van der Waals surface area (Å²) in [6.45, 7) is 0. The van der Waals surface area contributed by atoms with E-state index < -0.39 is 5.97 Å². The third-order valence-corrected chi connectivity index (χ3v) is 2.16. The van der Waals surface area contributed by atoms with Crippen molar-refractivity contribution in [1.29, 1.82) is 0 Å². The molecule has 1 aromatic carbocycles. The monoisotopic (exact) mass is 209 g/mol. The fourth-order valence-corrected chi connectivity index (χ4v) is 1.42. The van der Waals surface area contributed by atoms with Gasteiger partial charge in [-0.05, 0) is 18.2 Å². The van der Waals surface area contributed by atoms with Crippen LogP contribution in [0.3, 0.4) is 0 Å². The second-order valence-electron chi connectivity index (χ2n) is 2.74. The minimum Gasteiger partial charge on any atom is -0.478 e. The van der Waals surface area contributed by atoms with Crippen molar-refractivity contribution in [2.24, 2.45) is 0 Å². The lowest BCUT2D eigenvalue weighted by Gasteiger charge is -1.96. The van der Waals surface area contributed by atoms with Gasteiger partial charge in [0.1, 0.15) is 5.52 Å². The first-order chi connectivity index (χ1) is 6.72. The van der Waals surface area contributed by atoms with Crippen molar-refractivity contribution >= 4 is 29.6 Å². The Bertz CT molecular complexity index is 494. The molecule has 0 unspecified atom stereocenters. The van der Waals surface area contributed by atoms with Crippen LogP contribution in [0.4, 0.5) is 0 Å². The molecule has 0 aliphatic heterocycles. The highest BCUT2D eigenvalue weighted by atomic mass is 32.1. The molecule has 72 valence electrons. The third-order valence-electron chi connectivity index (χ3n) is 1.89. The molecule has 0 spiro atoms. The minimum atomic E-state index is -0.965. The van der Waals surface area contributed by atoms with Crippen LogP contribution in [-0.4, -0.2) is 26.1 Å². The second-order valence-corrected chi connectivity index (χ2v) is 3.02. The molecule has 0 amide bonds. The van der Waals surface area contributed by atoms with E-state index in [0.717, 1.165) is 5.52 Å². The van der Waals surface area contributed by atoms with Crippen LogP contribution >= 0.6 is 12.6 Å². The zero-order valence-electron chi connectivity index (χ0n) is 7.08. The van der Waals surface area contributed by atoms with Crippen molar-refractivity contribution in [3.05, 3.63) is 23.8 Å². The second kappa shape index (κ2) is 3.30. The maximum Gasteiger partial charge on any atom is 0.335 e. The van der Waals surface area contributed by atoms with E-state index >= 15 is 0 Å². The van der Waals surface area contributed by atoms with Crippen LogP contribution < -0.4 is 0 Å². The van der Waals surface area contributed by atoms with Crippen molar-refractivity contribution in [3.8, 4) is 0 Å².